The highest BCUT2D eigenvalue weighted by molar-refractivity contribution is 7.53. The number of allylic oxidation sites excluding steroid dienone is 1. The summed E-state index contributed by atoms with van der Waals surface area (Å²) in [5, 5.41) is 2.61. The van der Waals surface area contributed by atoms with Crippen LogP contribution in [0.2, 0.25) is 0 Å². The van der Waals surface area contributed by atoms with Gasteiger partial charge in [-0.3, -0.25) is 14.2 Å². The van der Waals surface area contributed by atoms with Crippen molar-refractivity contribution in [3.8, 4) is 0 Å². The molecule has 6 nitrogen and oxygen atoms in total. The van der Waals surface area contributed by atoms with E-state index in [-0.39, 0.29) is 25.3 Å². The van der Waals surface area contributed by atoms with E-state index in [2.05, 4.69) is 12.2 Å². The molecule has 1 aromatic carbocycles. The summed E-state index contributed by atoms with van der Waals surface area (Å²) in [5.74, 6) is -1.52. The molecule has 0 aliphatic carbocycles. The zero-order chi connectivity index (χ0) is 21.5. The minimum atomic E-state index is -3.40. The molecule has 0 aliphatic heterocycles. The monoisotopic (exact) mass is 423 g/mol. The van der Waals surface area contributed by atoms with Crippen molar-refractivity contribution in [1.29, 1.82) is 0 Å². The number of rotatable bonds is 15. The van der Waals surface area contributed by atoms with E-state index in [1.807, 2.05) is 30.3 Å². The van der Waals surface area contributed by atoms with Crippen molar-refractivity contribution in [2.24, 2.45) is 5.92 Å². The zero-order valence-electron chi connectivity index (χ0n) is 17.8. The highest BCUT2D eigenvalue weighted by atomic mass is 31.2. The number of amides is 1. The average molecular weight is 423 g/mol. The lowest BCUT2D eigenvalue weighted by Crippen LogP contribution is -2.35. The van der Waals surface area contributed by atoms with Crippen LogP contribution in [0.4, 0.5) is 0 Å². The molecule has 0 aromatic heterocycles. The molecule has 0 aliphatic rings. The average Bonchev–Trinajstić information content (AvgIpc) is 2.71. The molecule has 1 amide bonds. The highest BCUT2D eigenvalue weighted by Gasteiger charge is 2.29. The van der Waals surface area contributed by atoms with E-state index < -0.39 is 19.4 Å². The smallest absolute Gasteiger partial charge is 0.344 e. The summed E-state index contributed by atoms with van der Waals surface area (Å²) in [6.07, 6.45) is 7.25. The first kappa shape index (κ1) is 25.3. The van der Waals surface area contributed by atoms with Crippen LogP contribution < -0.4 is 5.32 Å². The Morgan fingerprint density at radius 3 is 2.28 bits per heavy atom. The van der Waals surface area contributed by atoms with E-state index >= 15 is 0 Å². The Balaban J connectivity index is 2.80. The maximum absolute atomic E-state index is 12.7. The summed E-state index contributed by atoms with van der Waals surface area (Å²) in [4.78, 5) is 25.4. The van der Waals surface area contributed by atoms with E-state index in [1.165, 1.54) is 6.08 Å². The van der Waals surface area contributed by atoms with Crippen molar-refractivity contribution in [3.63, 3.8) is 0 Å². The summed E-state index contributed by atoms with van der Waals surface area (Å²) in [6, 6.07) is 9.45. The van der Waals surface area contributed by atoms with Gasteiger partial charge in [0.1, 0.15) is 12.2 Å². The number of ketones is 1. The van der Waals surface area contributed by atoms with E-state index in [9.17, 15) is 14.2 Å². The van der Waals surface area contributed by atoms with Gasteiger partial charge in [0.15, 0.2) is 5.78 Å². The first-order valence-electron chi connectivity index (χ1n) is 10.4. The summed E-state index contributed by atoms with van der Waals surface area (Å²) >= 11 is 0. The summed E-state index contributed by atoms with van der Waals surface area (Å²) in [5.41, 5.74) is 0.892. The van der Waals surface area contributed by atoms with Crippen LogP contribution in [0.3, 0.4) is 0 Å². The second kappa shape index (κ2) is 14.3. The van der Waals surface area contributed by atoms with Crippen molar-refractivity contribution in [2.45, 2.75) is 52.9 Å². The van der Waals surface area contributed by atoms with Crippen LogP contribution in [0, 0.1) is 5.92 Å². The van der Waals surface area contributed by atoms with Crippen molar-refractivity contribution < 1.29 is 23.2 Å². The Bertz CT molecular complexity index is 680. The SMILES string of the molecule is CCCCCCC(C(=O)/C=C/c1ccccc1)C(=O)NCP(=O)(OCC)OCC. The van der Waals surface area contributed by atoms with Gasteiger partial charge in [-0.1, -0.05) is 69.0 Å². The maximum Gasteiger partial charge on any atom is 0.349 e. The van der Waals surface area contributed by atoms with E-state index in [0.717, 1.165) is 31.2 Å². The second-order valence-electron chi connectivity index (χ2n) is 6.69. The fraction of sp³-hybridized carbons (Fsp3) is 0.545. The Morgan fingerprint density at radius 2 is 1.69 bits per heavy atom. The fourth-order valence-electron chi connectivity index (χ4n) is 2.86. The van der Waals surface area contributed by atoms with Gasteiger partial charge in [-0.25, -0.2) is 0 Å². The van der Waals surface area contributed by atoms with Crippen LogP contribution >= 0.6 is 7.60 Å². The Morgan fingerprint density at radius 1 is 1.03 bits per heavy atom. The van der Waals surface area contributed by atoms with Gasteiger partial charge in [-0.2, -0.15) is 0 Å². The van der Waals surface area contributed by atoms with Crippen LogP contribution in [0.1, 0.15) is 58.4 Å². The third-order valence-corrected chi connectivity index (χ3v) is 6.19. The summed E-state index contributed by atoms with van der Waals surface area (Å²) < 4.78 is 23.0. The predicted octanol–water partition coefficient (Wildman–Crippen LogP) is 5.20. The van der Waals surface area contributed by atoms with Gasteiger partial charge < -0.3 is 14.4 Å². The molecule has 0 fully saturated rings. The largest absolute Gasteiger partial charge is 0.349 e. The first-order chi connectivity index (χ1) is 14.0. The molecule has 0 saturated carbocycles. The van der Waals surface area contributed by atoms with Gasteiger partial charge in [0.25, 0.3) is 0 Å². The topological polar surface area (TPSA) is 81.7 Å². The normalized spacial score (nSPS) is 12.8. The van der Waals surface area contributed by atoms with E-state index in [4.69, 9.17) is 9.05 Å². The van der Waals surface area contributed by atoms with Crippen molar-refractivity contribution in [3.05, 3.63) is 42.0 Å². The van der Waals surface area contributed by atoms with Gasteiger partial charge >= 0.3 is 7.60 Å². The number of nitrogens with one attached hydrogen (secondary N) is 1. The van der Waals surface area contributed by atoms with Crippen LogP contribution in [0.25, 0.3) is 6.08 Å². The molecule has 0 saturated heterocycles. The number of carbonyl (C=O) groups excluding carboxylic acids is 2. The number of hydrogen-bond acceptors (Lipinski definition) is 5. The van der Waals surface area contributed by atoms with Crippen molar-refractivity contribution in [2.75, 3.05) is 19.5 Å². The van der Waals surface area contributed by atoms with E-state index in [0.29, 0.717) is 6.42 Å². The molecular weight excluding hydrogens is 389 g/mol. The van der Waals surface area contributed by atoms with Gasteiger partial charge in [-0.15, -0.1) is 0 Å². The molecule has 7 heteroatoms. The quantitative estimate of drug-likeness (QED) is 0.182. The second-order valence-corrected chi connectivity index (χ2v) is 8.75. The lowest BCUT2D eigenvalue weighted by atomic mass is 9.95. The van der Waals surface area contributed by atoms with Crippen LogP contribution in [-0.2, 0) is 23.2 Å². The standard InChI is InChI=1S/C22H34NO5P/c1-4-7-8-12-15-20(21(24)17-16-19-13-10-9-11-14-19)22(25)23-18-29(26,27-5-2)28-6-3/h9-11,13-14,16-17,20H,4-8,12,15,18H2,1-3H3,(H,23,25)/b17-16+. The lowest BCUT2D eigenvalue weighted by molar-refractivity contribution is -0.131. The third kappa shape index (κ3) is 10.0. The molecular formula is C22H34NO5P. The van der Waals surface area contributed by atoms with Gasteiger partial charge in [0.2, 0.25) is 5.91 Å². The first-order valence-corrected chi connectivity index (χ1v) is 12.1. The molecule has 1 atom stereocenters. The summed E-state index contributed by atoms with van der Waals surface area (Å²) in [6.45, 7) is 5.96. The Hall–Kier alpha value is -1.75. The number of carbonyl (C=O) groups is 2. The minimum Gasteiger partial charge on any atom is -0.344 e. The molecule has 29 heavy (non-hydrogen) atoms. The van der Waals surface area contributed by atoms with Gasteiger partial charge in [-0.05, 0) is 31.9 Å². The van der Waals surface area contributed by atoms with Gasteiger partial charge in [0, 0.05) is 0 Å². The Labute approximate surface area is 174 Å². The number of benzene rings is 1. The van der Waals surface area contributed by atoms with Crippen molar-refractivity contribution in [1.82, 2.24) is 5.32 Å². The third-order valence-electron chi connectivity index (χ3n) is 4.34. The fourth-order valence-corrected chi connectivity index (χ4v) is 4.25. The molecule has 0 bridgehead atoms. The molecule has 1 rings (SSSR count). The lowest BCUT2D eigenvalue weighted by Gasteiger charge is -2.19. The van der Waals surface area contributed by atoms with Crippen LogP contribution in [0.15, 0.2) is 36.4 Å². The molecule has 1 N–H and O–H groups in total. The molecule has 0 spiro atoms. The maximum atomic E-state index is 12.7. The molecule has 0 heterocycles. The number of hydrogen-bond donors (Lipinski definition) is 1. The zero-order valence-corrected chi connectivity index (χ0v) is 18.7. The van der Waals surface area contributed by atoms with Crippen LogP contribution in [0.5, 0.6) is 0 Å². The molecule has 162 valence electrons. The van der Waals surface area contributed by atoms with Gasteiger partial charge in [0.05, 0.1) is 13.2 Å². The Kier molecular flexibility index (Phi) is 12.4. The van der Waals surface area contributed by atoms with Crippen molar-refractivity contribution >= 4 is 25.4 Å². The molecule has 1 aromatic rings. The highest BCUT2D eigenvalue weighted by Crippen LogP contribution is 2.46. The molecule has 1 unspecified atom stereocenters. The van der Waals surface area contributed by atoms with Crippen LogP contribution in [-0.4, -0.2) is 31.2 Å². The predicted molar refractivity (Wildman–Crippen MR) is 117 cm³/mol. The molecule has 0 radical (unpaired) electrons. The summed E-state index contributed by atoms with van der Waals surface area (Å²) in [7, 11) is -3.40. The minimum absolute atomic E-state index is 0.215. The number of unbranched alkanes of at least 4 members (excludes halogenated alkanes) is 3. The van der Waals surface area contributed by atoms with E-state index in [1.54, 1.807) is 19.9 Å².